The Morgan fingerprint density at radius 2 is 1.78 bits per heavy atom. The molecule has 3 atom stereocenters. The van der Waals surface area contributed by atoms with Crippen LogP contribution in [0, 0.1) is 11.7 Å². The van der Waals surface area contributed by atoms with Crippen molar-refractivity contribution in [1.82, 2.24) is 9.47 Å². The van der Waals surface area contributed by atoms with E-state index in [0.717, 1.165) is 47.3 Å². The van der Waals surface area contributed by atoms with Gasteiger partial charge in [-0.3, -0.25) is 23.7 Å². The molecule has 0 bridgehead atoms. The summed E-state index contributed by atoms with van der Waals surface area (Å²) in [4.78, 5) is 56.5. The number of benzene rings is 1. The van der Waals surface area contributed by atoms with Crippen LogP contribution in [-0.2, 0) is 20.9 Å². The lowest BCUT2D eigenvalue weighted by Gasteiger charge is -2.30. The fourth-order valence-electron chi connectivity index (χ4n) is 5.25. The van der Waals surface area contributed by atoms with Crippen molar-refractivity contribution in [1.29, 1.82) is 0 Å². The molecule has 3 aromatic rings. The van der Waals surface area contributed by atoms with Crippen molar-refractivity contribution < 1.29 is 23.2 Å². The van der Waals surface area contributed by atoms with E-state index in [1.165, 1.54) is 35.1 Å². The van der Waals surface area contributed by atoms with Gasteiger partial charge in [-0.05, 0) is 55.7 Å². The van der Waals surface area contributed by atoms with Gasteiger partial charge in [0.1, 0.15) is 23.4 Å². The number of carbonyl (C=O) groups is 3. The smallest absolute Gasteiger partial charge is 0.308 e. The highest BCUT2D eigenvalue weighted by molar-refractivity contribution is 8.00. The molecule has 2 aromatic heterocycles. The molecule has 3 aliphatic rings. The summed E-state index contributed by atoms with van der Waals surface area (Å²) in [5.74, 6) is -2.42. The van der Waals surface area contributed by atoms with Gasteiger partial charge in [-0.1, -0.05) is 23.1 Å². The predicted molar refractivity (Wildman–Crippen MR) is 132 cm³/mol. The van der Waals surface area contributed by atoms with Gasteiger partial charge in [0.25, 0.3) is 0 Å². The number of furan rings is 1. The monoisotopic (exact) mass is 527 g/mol. The quantitative estimate of drug-likeness (QED) is 0.483. The first-order valence-electron chi connectivity index (χ1n) is 11.8. The lowest BCUT2D eigenvalue weighted by atomic mass is 9.87. The zero-order chi connectivity index (χ0) is 25.0. The Morgan fingerprint density at radius 3 is 2.47 bits per heavy atom. The number of fused-ring (bicyclic) bond motifs is 2. The highest BCUT2D eigenvalue weighted by Gasteiger charge is 2.57. The summed E-state index contributed by atoms with van der Waals surface area (Å²) in [5, 5.41) is -0.282. The average molecular weight is 528 g/mol. The Labute approximate surface area is 213 Å². The van der Waals surface area contributed by atoms with Crippen molar-refractivity contribution in [3.8, 4) is 0 Å². The van der Waals surface area contributed by atoms with E-state index in [0.29, 0.717) is 34.4 Å². The molecule has 0 saturated carbocycles. The van der Waals surface area contributed by atoms with Crippen molar-refractivity contribution in [2.24, 2.45) is 5.92 Å². The summed E-state index contributed by atoms with van der Waals surface area (Å²) in [6.07, 6.45) is 4.46. The first-order chi connectivity index (χ1) is 17.4. The minimum absolute atomic E-state index is 0.107. The van der Waals surface area contributed by atoms with Crippen LogP contribution in [-0.4, -0.2) is 45.5 Å². The van der Waals surface area contributed by atoms with E-state index in [1.807, 2.05) is 0 Å². The second kappa shape index (κ2) is 9.04. The molecule has 1 aromatic carbocycles. The Bertz CT molecular complexity index is 1390. The first-order valence-corrected chi connectivity index (χ1v) is 13.5. The molecule has 186 valence electrons. The Morgan fingerprint density at radius 1 is 1.03 bits per heavy atom. The molecule has 5 heterocycles. The van der Waals surface area contributed by atoms with E-state index in [4.69, 9.17) is 4.42 Å². The second-order valence-electron chi connectivity index (χ2n) is 9.11. The van der Waals surface area contributed by atoms with Crippen LogP contribution in [0.25, 0.3) is 0 Å². The number of piperidine rings is 1. The van der Waals surface area contributed by atoms with Crippen LogP contribution in [0.4, 0.5) is 10.1 Å². The van der Waals surface area contributed by atoms with Crippen LogP contribution in [0.3, 0.4) is 0 Å². The van der Waals surface area contributed by atoms with Crippen molar-refractivity contribution in [3.05, 3.63) is 68.8 Å². The van der Waals surface area contributed by atoms with Crippen LogP contribution >= 0.6 is 23.1 Å². The van der Waals surface area contributed by atoms with Gasteiger partial charge < -0.3 is 9.32 Å². The topological polar surface area (TPSA) is 92.8 Å². The number of carbonyl (C=O) groups excluding carboxylic acids is 3. The van der Waals surface area contributed by atoms with E-state index >= 15 is 0 Å². The number of nitrogens with zero attached hydrogens (tertiary/aromatic N) is 3. The number of rotatable bonds is 4. The number of likely N-dealkylation sites (tertiary alicyclic amines) is 1. The minimum Gasteiger partial charge on any atom is -0.469 e. The number of hydrogen-bond donors (Lipinski definition) is 0. The standard InChI is InChI=1S/C25H22FN3O5S2/c26-14-6-8-15(9-7-14)29-22(31)19-18(16-5-4-12-34-16)21-24(35-20(19)23(29)32)28(25(33)36-21)13-17(30)27-10-2-1-3-11-27/h4-9,12,18-20H,1-3,10-11,13H2. The van der Waals surface area contributed by atoms with Gasteiger partial charge in [0, 0.05) is 13.1 Å². The third-order valence-corrected chi connectivity index (χ3v) is 9.59. The third-order valence-electron chi connectivity index (χ3n) is 6.99. The lowest BCUT2D eigenvalue weighted by Crippen LogP contribution is -2.39. The zero-order valence-corrected chi connectivity index (χ0v) is 20.7. The molecule has 0 N–H and O–H groups in total. The van der Waals surface area contributed by atoms with Crippen molar-refractivity contribution in [2.75, 3.05) is 18.0 Å². The number of hydrogen-bond acceptors (Lipinski definition) is 7. The molecule has 8 nitrogen and oxygen atoms in total. The summed E-state index contributed by atoms with van der Waals surface area (Å²) in [5.41, 5.74) is 0.292. The van der Waals surface area contributed by atoms with E-state index in [-0.39, 0.29) is 17.3 Å². The fourth-order valence-corrected chi connectivity index (χ4v) is 8.01. The summed E-state index contributed by atoms with van der Waals surface area (Å²) in [6.45, 7) is 1.24. The van der Waals surface area contributed by atoms with Crippen molar-refractivity contribution >= 4 is 46.5 Å². The summed E-state index contributed by atoms with van der Waals surface area (Å²) < 4.78 is 20.6. The van der Waals surface area contributed by atoms with Gasteiger partial charge in [0.2, 0.25) is 17.7 Å². The fraction of sp³-hybridized carbons (Fsp3) is 0.360. The molecule has 36 heavy (non-hydrogen) atoms. The highest BCUT2D eigenvalue weighted by Crippen LogP contribution is 2.53. The zero-order valence-electron chi connectivity index (χ0n) is 19.1. The molecule has 2 fully saturated rings. The predicted octanol–water partition coefficient (Wildman–Crippen LogP) is 3.45. The van der Waals surface area contributed by atoms with Crippen LogP contribution in [0.2, 0.25) is 0 Å². The van der Waals surface area contributed by atoms with Crippen LogP contribution < -0.4 is 9.77 Å². The number of amides is 3. The molecule has 0 spiro atoms. The molecule has 2 saturated heterocycles. The maximum atomic E-state index is 13.6. The number of anilines is 1. The maximum absolute atomic E-state index is 13.6. The first kappa shape index (κ1) is 23.2. The molecule has 3 amide bonds. The van der Waals surface area contributed by atoms with Gasteiger partial charge >= 0.3 is 4.87 Å². The molecule has 6 rings (SSSR count). The Balaban J connectivity index is 1.41. The molecule has 11 heteroatoms. The van der Waals surface area contributed by atoms with Gasteiger partial charge in [-0.2, -0.15) is 0 Å². The largest absolute Gasteiger partial charge is 0.469 e. The maximum Gasteiger partial charge on any atom is 0.308 e. The van der Waals surface area contributed by atoms with E-state index < -0.39 is 34.7 Å². The molecule has 0 radical (unpaired) electrons. The van der Waals surface area contributed by atoms with Gasteiger partial charge in [0.05, 0.1) is 33.7 Å². The highest BCUT2D eigenvalue weighted by atomic mass is 32.2. The summed E-state index contributed by atoms with van der Waals surface area (Å²) in [7, 11) is 0. The molecular weight excluding hydrogens is 505 g/mol. The number of halogens is 1. The van der Waals surface area contributed by atoms with Crippen LogP contribution in [0.5, 0.6) is 0 Å². The molecular formula is C25H22FN3O5S2. The van der Waals surface area contributed by atoms with Gasteiger partial charge in [-0.25, -0.2) is 9.29 Å². The number of thiazole rings is 1. The van der Waals surface area contributed by atoms with E-state index in [1.54, 1.807) is 17.0 Å². The lowest BCUT2D eigenvalue weighted by molar-refractivity contribution is -0.133. The SMILES string of the molecule is O=C(Cn1c2c(sc1=O)C(c1ccco1)C1C(=O)N(c3ccc(F)cc3)C(=O)C1S2)N1CCCCC1. The Kier molecular flexibility index (Phi) is 5.83. The normalized spacial score (nSPS) is 23.6. The molecule has 3 unspecified atom stereocenters. The summed E-state index contributed by atoms with van der Waals surface area (Å²) >= 11 is 2.14. The second-order valence-corrected chi connectivity index (χ2v) is 11.2. The number of imide groups is 1. The molecule has 0 aliphatic carbocycles. The van der Waals surface area contributed by atoms with Gasteiger partial charge in [-0.15, -0.1) is 0 Å². The van der Waals surface area contributed by atoms with Crippen LogP contribution in [0.1, 0.15) is 35.8 Å². The average Bonchev–Trinajstić information content (AvgIpc) is 3.58. The minimum atomic E-state index is -0.810. The van der Waals surface area contributed by atoms with Crippen molar-refractivity contribution in [3.63, 3.8) is 0 Å². The summed E-state index contributed by atoms with van der Waals surface area (Å²) in [6, 6.07) is 8.64. The molecule has 3 aliphatic heterocycles. The van der Waals surface area contributed by atoms with Crippen LogP contribution in [0.15, 0.2) is 56.9 Å². The Hall–Kier alpha value is -3.18. The number of aromatic nitrogens is 1. The van der Waals surface area contributed by atoms with E-state index in [9.17, 15) is 23.6 Å². The van der Waals surface area contributed by atoms with E-state index in [2.05, 4.69) is 0 Å². The van der Waals surface area contributed by atoms with Crippen molar-refractivity contribution in [2.45, 2.75) is 42.0 Å². The van der Waals surface area contributed by atoms with Gasteiger partial charge in [0.15, 0.2) is 0 Å². The third kappa shape index (κ3) is 3.72. The number of thioether (sulfide) groups is 1.